The molecule has 7 heteroatoms. The average molecular weight is 441 g/mol. The maximum atomic E-state index is 13.0. The molecule has 0 unspecified atom stereocenters. The number of carbonyl (C=O) groups is 2. The topological polar surface area (TPSA) is 75.5 Å². The van der Waals surface area contributed by atoms with Gasteiger partial charge >= 0.3 is 0 Å². The van der Waals surface area contributed by atoms with E-state index in [0.29, 0.717) is 12.1 Å². The average Bonchev–Trinajstić information content (AvgIpc) is 2.84. The maximum absolute atomic E-state index is 13.0. The smallest absolute Gasteiger partial charge is 0.255 e. The molecule has 0 saturated carbocycles. The number of nitrogens with zero attached hydrogens (tertiary/aromatic N) is 4. The number of anilines is 1. The first-order chi connectivity index (χ1) is 15.9. The Hall–Kier alpha value is -4.26. The normalized spacial score (nSPS) is 10.7. The Balaban J connectivity index is 1.49. The maximum Gasteiger partial charge on any atom is 0.255 e. The lowest BCUT2D eigenvalue weighted by molar-refractivity contribution is -0.118. The number of carbonyl (C=O) groups excluding carboxylic acids is 2. The molecule has 0 bridgehead atoms. The van der Waals surface area contributed by atoms with Gasteiger partial charge in [0, 0.05) is 50.2 Å². The van der Waals surface area contributed by atoms with Crippen molar-refractivity contribution in [2.45, 2.75) is 13.1 Å². The van der Waals surface area contributed by atoms with Crippen LogP contribution in [-0.4, -0.2) is 40.4 Å². The molecule has 0 aliphatic carbocycles. The Morgan fingerprint density at radius 2 is 1.73 bits per heavy atom. The molecule has 0 fully saturated rings. The second-order valence-electron chi connectivity index (χ2n) is 7.86. The van der Waals surface area contributed by atoms with Gasteiger partial charge in [0.1, 0.15) is 6.54 Å². The molecule has 0 saturated heterocycles. The Morgan fingerprint density at radius 1 is 0.939 bits per heavy atom. The van der Waals surface area contributed by atoms with Crippen LogP contribution in [0.4, 0.5) is 5.69 Å². The number of likely N-dealkylation sites (N-methyl/N-ethyl adjacent to an activating group) is 1. The van der Waals surface area contributed by atoms with E-state index >= 15 is 0 Å². The molecule has 2 aromatic heterocycles. The summed E-state index contributed by atoms with van der Waals surface area (Å²) in [7, 11) is 3.37. The second kappa shape index (κ2) is 9.48. The Kier molecular flexibility index (Phi) is 6.31. The molecule has 7 nitrogen and oxygen atoms in total. The van der Waals surface area contributed by atoms with Crippen LogP contribution >= 0.6 is 0 Å². The molecular weight excluding hydrogens is 416 g/mol. The lowest BCUT2D eigenvalue weighted by Crippen LogP contribution is -2.34. The van der Waals surface area contributed by atoms with E-state index in [2.05, 4.69) is 4.98 Å². The van der Waals surface area contributed by atoms with E-state index in [0.717, 1.165) is 22.2 Å². The molecule has 0 N–H and O–H groups in total. The number of hydrogen-bond donors (Lipinski definition) is 0. The number of hydrogen-bond acceptors (Lipinski definition) is 4. The standard InChI is InChI=1S/C26H24N4O3/c1-28(16-19-10-12-23-20(15-19)7-6-14-27-23)26(33)21-11-13-24(31)30(17-21)18-25(32)29(2)22-8-4-3-5-9-22/h3-15,17H,16,18H2,1-2H3. The van der Waals surface area contributed by atoms with Gasteiger partial charge in [0.15, 0.2) is 0 Å². The van der Waals surface area contributed by atoms with Crippen molar-refractivity contribution in [1.82, 2.24) is 14.5 Å². The van der Waals surface area contributed by atoms with Crippen molar-refractivity contribution in [3.05, 3.63) is 107 Å². The Morgan fingerprint density at radius 3 is 2.52 bits per heavy atom. The van der Waals surface area contributed by atoms with Gasteiger partial charge in [-0.1, -0.05) is 30.3 Å². The molecule has 0 aliphatic rings. The van der Waals surface area contributed by atoms with Gasteiger partial charge in [-0.05, 0) is 42.0 Å². The number of aromatic nitrogens is 2. The summed E-state index contributed by atoms with van der Waals surface area (Å²) in [6, 6.07) is 21.7. The van der Waals surface area contributed by atoms with Crippen LogP contribution in [0.3, 0.4) is 0 Å². The fourth-order valence-corrected chi connectivity index (χ4v) is 3.62. The predicted molar refractivity (Wildman–Crippen MR) is 128 cm³/mol. The van der Waals surface area contributed by atoms with Crippen molar-refractivity contribution < 1.29 is 9.59 Å². The van der Waals surface area contributed by atoms with Gasteiger partial charge in [-0.3, -0.25) is 19.4 Å². The molecule has 0 spiro atoms. The molecule has 0 radical (unpaired) electrons. The Bertz CT molecular complexity index is 1360. The molecule has 2 amide bonds. The summed E-state index contributed by atoms with van der Waals surface area (Å²) in [4.78, 5) is 45.4. The summed E-state index contributed by atoms with van der Waals surface area (Å²) < 4.78 is 1.27. The van der Waals surface area contributed by atoms with E-state index in [9.17, 15) is 14.4 Å². The van der Waals surface area contributed by atoms with Crippen LogP contribution in [0.1, 0.15) is 15.9 Å². The van der Waals surface area contributed by atoms with Crippen LogP contribution < -0.4 is 10.5 Å². The summed E-state index contributed by atoms with van der Waals surface area (Å²) in [6.45, 7) is 0.241. The zero-order valence-electron chi connectivity index (χ0n) is 18.5. The van der Waals surface area contributed by atoms with Crippen molar-refractivity contribution in [3.8, 4) is 0 Å². The van der Waals surface area contributed by atoms with Crippen molar-refractivity contribution in [1.29, 1.82) is 0 Å². The second-order valence-corrected chi connectivity index (χ2v) is 7.86. The minimum Gasteiger partial charge on any atom is -0.337 e. The summed E-state index contributed by atoms with van der Waals surface area (Å²) in [5.41, 5.74) is 2.60. The summed E-state index contributed by atoms with van der Waals surface area (Å²) in [6.07, 6.45) is 3.19. The summed E-state index contributed by atoms with van der Waals surface area (Å²) in [5, 5.41) is 1.01. The Labute approximate surface area is 191 Å². The van der Waals surface area contributed by atoms with E-state index in [1.165, 1.54) is 27.8 Å². The van der Waals surface area contributed by atoms with Crippen molar-refractivity contribution >= 4 is 28.4 Å². The number of para-hydroxylation sites is 1. The minimum atomic E-state index is -0.342. The molecule has 166 valence electrons. The van der Waals surface area contributed by atoms with Crippen LogP contribution in [0, 0.1) is 0 Å². The van der Waals surface area contributed by atoms with Crippen LogP contribution in [0.5, 0.6) is 0 Å². The molecule has 2 aromatic carbocycles. The highest BCUT2D eigenvalue weighted by molar-refractivity contribution is 5.94. The van der Waals surface area contributed by atoms with E-state index in [1.54, 1.807) is 25.2 Å². The fraction of sp³-hybridized carbons (Fsp3) is 0.154. The van der Waals surface area contributed by atoms with E-state index in [1.807, 2.05) is 60.7 Å². The zero-order valence-corrected chi connectivity index (χ0v) is 18.5. The molecule has 4 rings (SSSR count). The van der Waals surface area contributed by atoms with Crippen molar-refractivity contribution in [2.75, 3.05) is 19.0 Å². The van der Waals surface area contributed by atoms with Crippen LogP contribution in [0.25, 0.3) is 10.9 Å². The lowest BCUT2D eigenvalue weighted by atomic mass is 10.1. The van der Waals surface area contributed by atoms with E-state index < -0.39 is 0 Å². The number of benzene rings is 2. The number of pyridine rings is 2. The van der Waals surface area contributed by atoms with Gasteiger partial charge in [-0.15, -0.1) is 0 Å². The van der Waals surface area contributed by atoms with Crippen LogP contribution in [-0.2, 0) is 17.9 Å². The third-order valence-corrected chi connectivity index (χ3v) is 5.49. The molecule has 2 heterocycles. The third-order valence-electron chi connectivity index (χ3n) is 5.49. The monoisotopic (exact) mass is 440 g/mol. The molecule has 4 aromatic rings. The first-order valence-corrected chi connectivity index (χ1v) is 10.5. The first-order valence-electron chi connectivity index (χ1n) is 10.5. The SMILES string of the molecule is CN(Cc1ccc2ncccc2c1)C(=O)c1ccc(=O)n(CC(=O)N(C)c2ccccc2)c1. The molecule has 0 aliphatic heterocycles. The third kappa shape index (κ3) is 4.98. The number of rotatable bonds is 6. The van der Waals surface area contributed by atoms with Crippen molar-refractivity contribution in [2.24, 2.45) is 0 Å². The number of fused-ring (bicyclic) bond motifs is 1. The van der Waals surface area contributed by atoms with E-state index in [-0.39, 0.29) is 23.9 Å². The highest BCUT2D eigenvalue weighted by atomic mass is 16.2. The van der Waals surface area contributed by atoms with Crippen LogP contribution in [0.15, 0.2) is 90.0 Å². The minimum absolute atomic E-state index is 0.160. The molecular formula is C26H24N4O3. The summed E-state index contributed by atoms with van der Waals surface area (Å²) in [5.74, 6) is -0.495. The molecule has 0 atom stereocenters. The zero-order chi connectivity index (χ0) is 23.4. The largest absolute Gasteiger partial charge is 0.337 e. The van der Waals surface area contributed by atoms with Gasteiger partial charge in [-0.25, -0.2) is 0 Å². The quantitative estimate of drug-likeness (QED) is 0.461. The van der Waals surface area contributed by atoms with Gasteiger partial charge in [-0.2, -0.15) is 0 Å². The fourth-order valence-electron chi connectivity index (χ4n) is 3.62. The van der Waals surface area contributed by atoms with Gasteiger partial charge in [0.25, 0.3) is 11.5 Å². The highest BCUT2D eigenvalue weighted by Gasteiger charge is 2.16. The van der Waals surface area contributed by atoms with Gasteiger partial charge in [0.2, 0.25) is 5.91 Å². The molecule has 33 heavy (non-hydrogen) atoms. The first kappa shape index (κ1) is 22.0. The number of amides is 2. The van der Waals surface area contributed by atoms with Gasteiger partial charge < -0.3 is 14.4 Å². The van der Waals surface area contributed by atoms with Crippen LogP contribution in [0.2, 0.25) is 0 Å². The van der Waals surface area contributed by atoms with E-state index in [4.69, 9.17) is 0 Å². The van der Waals surface area contributed by atoms with Gasteiger partial charge in [0.05, 0.1) is 11.1 Å². The lowest BCUT2D eigenvalue weighted by Gasteiger charge is -2.20. The highest BCUT2D eigenvalue weighted by Crippen LogP contribution is 2.16. The predicted octanol–water partition coefficient (Wildman–Crippen LogP) is 3.33. The summed E-state index contributed by atoms with van der Waals surface area (Å²) >= 11 is 0. The van der Waals surface area contributed by atoms with Crippen molar-refractivity contribution in [3.63, 3.8) is 0 Å².